The minimum atomic E-state index is -0.557. The second-order valence-corrected chi connectivity index (χ2v) is 5.61. The monoisotopic (exact) mass is 355 g/mol. The number of nitrogens with one attached hydrogen (secondary N) is 3. The molecule has 0 aliphatic carbocycles. The lowest BCUT2D eigenvalue weighted by Gasteiger charge is -2.09. The Bertz CT molecular complexity index is 1020. The summed E-state index contributed by atoms with van der Waals surface area (Å²) in [5.41, 5.74) is 0.610. The van der Waals surface area contributed by atoms with Crippen LogP contribution in [0.5, 0.6) is 0 Å². The van der Waals surface area contributed by atoms with E-state index in [1.807, 2.05) is 6.07 Å². The standard InChI is InChI=1S/C16H17N7O3/c1-10-12(15(25)22-16(26)21-10)4-5-13(24)19-7-11-3-2-6-18-14(11)23-9-17-8-20-23/h2-3,6,8-9H,4-5,7H2,1H3,(H,19,24)(H2,21,22,25,26). The van der Waals surface area contributed by atoms with E-state index in [4.69, 9.17) is 0 Å². The van der Waals surface area contributed by atoms with Crippen molar-refractivity contribution >= 4 is 5.91 Å². The quantitative estimate of drug-likeness (QED) is 0.550. The fourth-order valence-electron chi connectivity index (χ4n) is 2.54. The summed E-state index contributed by atoms with van der Waals surface area (Å²) in [5, 5.41) is 6.84. The van der Waals surface area contributed by atoms with Gasteiger partial charge in [-0.2, -0.15) is 5.10 Å². The highest BCUT2D eigenvalue weighted by Crippen LogP contribution is 2.09. The number of rotatable bonds is 6. The number of hydrogen-bond donors (Lipinski definition) is 3. The van der Waals surface area contributed by atoms with Gasteiger partial charge in [-0.25, -0.2) is 19.4 Å². The van der Waals surface area contributed by atoms with Crippen molar-refractivity contribution in [2.45, 2.75) is 26.3 Å². The van der Waals surface area contributed by atoms with E-state index in [1.54, 1.807) is 19.2 Å². The summed E-state index contributed by atoms with van der Waals surface area (Å²) < 4.78 is 1.52. The van der Waals surface area contributed by atoms with Gasteiger partial charge in [0.2, 0.25) is 5.91 Å². The van der Waals surface area contributed by atoms with E-state index < -0.39 is 11.2 Å². The first-order valence-electron chi connectivity index (χ1n) is 7.92. The summed E-state index contributed by atoms with van der Waals surface area (Å²) in [6.07, 6.45) is 4.91. The molecule has 0 spiro atoms. The van der Waals surface area contributed by atoms with Gasteiger partial charge in [0.25, 0.3) is 5.56 Å². The Hall–Kier alpha value is -3.56. The van der Waals surface area contributed by atoms with Crippen LogP contribution in [0.4, 0.5) is 0 Å². The van der Waals surface area contributed by atoms with Crippen LogP contribution < -0.4 is 16.6 Å². The summed E-state index contributed by atoms with van der Waals surface area (Å²) in [5.74, 6) is 0.363. The summed E-state index contributed by atoms with van der Waals surface area (Å²) >= 11 is 0. The predicted molar refractivity (Wildman–Crippen MR) is 91.7 cm³/mol. The minimum absolute atomic E-state index is 0.120. The molecular weight excluding hydrogens is 338 g/mol. The molecule has 0 atom stereocenters. The van der Waals surface area contributed by atoms with Gasteiger partial charge < -0.3 is 10.3 Å². The third kappa shape index (κ3) is 3.91. The van der Waals surface area contributed by atoms with Gasteiger partial charge in [-0.1, -0.05) is 6.07 Å². The molecule has 3 aromatic heterocycles. The molecule has 3 N–H and O–H groups in total. The van der Waals surface area contributed by atoms with Gasteiger partial charge >= 0.3 is 5.69 Å². The Morgan fingerprint density at radius 1 is 1.31 bits per heavy atom. The number of pyridine rings is 1. The van der Waals surface area contributed by atoms with Crippen LogP contribution in [0.2, 0.25) is 0 Å². The van der Waals surface area contributed by atoms with E-state index in [1.165, 1.54) is 17.3 Å². The second kappa shape index (κ2) is 7.55. The molecule has 0 fully saturated rings. The van der Waals surface area contributed by atoms with Gasteiger partial charge in [0.1, 0.15) is 12.7 Å². The average Bonchev–Trinajstić information content (AvgIpc) is 3.13. The largest absolute Gasteiger partial charge is 0.352 e. The molecule has 0 bridgehead atoms. The van der Waals surface area contributed by atoms with E-state index >= 15 is 0 Å². The van der Waals surface area contributed by atoms with Crippen LogP contribution in [-0.4, -0.2) is 35.6 Å². The number of H-pyrrole nitrogens is 2. The van der Waals surface area contributed by atoms with Gasteiger partial charge in [0, 0.05) is 36.0 Å². The lowest BCUT2D eigenvalue weighted by atomic mass is 10.1. The van der Waals surface area contributed by atoms with Crippen molar-refractivity contribution in [1.29, 1.82) is 0 Å². The number of aromatic nitrogens is 6. The first kappa shape index (κ1) is 17.3. The highest BCUT2D eigenvalue weighted by atomic mass is 16.2. The molecule has 10 nitrogen and oxygen atoms in total. The Morgan fingerprint density at radius 3 is 2.88 bits per heavy atom. The molecule has 0 saturated heterocycles. The molecule has 0 radical (unpaired) electrons. The van der Waals surface area contributed by atoms with Crippen LogP contribution in [0.3, 0.4) is 0 Å². The molecule has 0 unspecified atom stereocenters. The summed E-state index contributed by atoms with van der Waals surface area (Å²) in [6, 6.07) is 3.60. The molecule has 0 aliphatic rings. The molecule has 0 aromatic carbocycles. The van der Waals surface area contributed by atoms with E-state index in [9.17, 15) is 14.4 Å². The topological polar surface area (TPSA) is 138 Å². The number of aryl methyl sites for hydroxylation is 1. The van der Waals surface area contributed by atoms with Crippen LogP contribution >= 0.6 is 0 Å². The zero-order valence-electron chi connectivity index (χ0n) is 14.0. The zero-order chi connectivity index (χ0) is 18.5. The van der Waals surface area contributed by atoms with Gasteiger partial charge in [-0.05, 0) is 19.4 Å². The van der Waals surface area contributed by atoms with Crippen molar-refractivity contribution in [3.05, 3.63) is 68.6 Å². The van der Waals surface area contributed by atoms with Gasteiger partial charge in [0.15, 0.2) is 5.82 Å². The molecule has 3 rings (SSSR count). The van der Waals surface area contributed by atoms with Crippen molar-refractivity contribution < 1.29 is 4.79 Å². The maximum atomic E-state index is 12.1. The first-order valence-corrected chi connectivity index (χ1v) is 7.92. The second-order valence-electron chi connectivity index (χ2n) is 5.61. The van der Waals surface area contributed by atoms with Crippen molar-refractivity contribution in [3.63, 3.8) is 0 Å². The lowest BCUT2D eigenvalue weighted by molar-refractivity contribution is -0.121. The Labute approximate surface area is 147 Å². The molecule has 3 aromatic rings. The number of aromatic amines is 2. The fraction of sp³-hybridized carbons (Fsp3) is 0.250. The minimum Gasteiger partial charge on any atom is -0.352 e. The Kier molecular flexibility index (Phi) is 5.02. The van der Waals surface area contributed by atoms with Crippen molar-refractivity contribution in [2.24, 2.45) is 0 Å². The van der Waals surface area contributed by atoms with Crippen LogP contribution in [0, 0.1) is 6.92 Å². The summed E-state index contributed by atoms with van der Waals surface area (Å²) in [4.78, 5) is 47.9. The fourth-order valence-corrected chi connectivity index (χ4v) is 2.54. The van der Waals surface area contributed by atoms with Crippen LogP contribution in [0.25, 0.3) is 5.82 Å². The maximum Gasteiger partial charge on any atom is 0.325 e. The highest BCUT2D eigenvalue weighted by molar-refractivity contribution is 5.76. The van der Waals surface area contributed by atoms with Crippen molar-refractivity contribution in [1.82, 2.24) is 35.0 Å². The zero-order valence-corrected chi connectivity index (χ0v) is 14.0. The van der Waals surface area contributed by atoms with E-state index in [0.717, 1.165) is 5.56 Å². The van der Waals surface area contributed by atoms with Crippen molar-refractivity contribution in [2.75, 3.05) is 0 Å². The van der Waals surface area contributed by atoms with E-state index in [0.29, 0.717) is 17.1 Å². The number of hydrogen-bond acceptors (Lipinski definition) is 6. The number of carbonyl (C=O) groups excluding carboxylic acids is 1. The molecule has 3 heterocycles. The summed E-state index contributed by atoms with van der Waals surface area (Å²) in [6.45, 7) is 1.90. The van der Waals surface area contributed by atoms with Crippen LogP contribution in [0.15, 0.2) is 40.6 Å². The third-order valence-corrected chi connectivity index (χ3v) is 3.84. The predicted octanol–water partition coefficient (Wildman–Crippen LogP) is -0.404. The Balaban J connectivity index is 1.62. The normalized spacial score (nSPS) is 10.7. The number of amides is 1. The Morgan fingerprint density at radius 2 is 2.15 bits per heavy atom. The maximum absolute atomic E-state index is 12.1. The lowest BCUT2D eigenvalue weighted by Crippen LogP contribution is -2.29. The molecule has 10 heteroatoms. The number of carbonyl (C=O) groups is 1. The van der Waals surface area contributed by atoms with E-state index in [-0.39, 0.29) is 25.3 Å². The van der Waals surface area contributed by atoms with Crippen LogP contribution in [0.1, 0.15) is 23.2 Å². The molecule has 26 heavy (non-hydrogen) atoms. The third-order valence-electron chi connectivity index (χ3n) is 3.84. The first-order chi connectivity index (χ1) is 12.5. The average molecular weight is 355 g/mol. The number of nitrogens with zero attached hydrogens (tertiary/aromatic N) is 4. The highest BCUT2D eigenvalue weighted by Gasteiger charge is 2.11. The molecule has 134 valence electrons. The van der Waals surface area contributed by atoms with Crippen LogP contribution in [-0.2, 0) is 17.8 Å². The van der Waals surface area contributed by atoms with E-state index in [2.05, 4.69) is 30.4 Å². The van der Waals surface area contributed by atoms with Crippen molar-refractivity contribution in [3.8, 4) is 5.82 Å². The molecule has 1 amide bonds. The summed E-state index contributed by atoms with van der Waals surface area (Å²) in [7, 11) is 0. The van der Waals surface area contributed by atoms with Gasteiger partial charge in [0.05, 0.1) is 0 Å². The molecular formula is C16H17N7O3. The molecule has 0 aliphatic heterocycles. The molecule has 0 saturated carbocycles. The van der Waals surface area contributed by atoms with Gasteiger partial charge in [-0.15, -0.1) is 0 Å². The SMILES string of the molecule is Cc1[nH]c(=O)[nH]c(=O)c1CCC(=O)NCc1cccnc1-n1cncn1. The van der Waals surface area contributed by atoms with Gasteiger partial charge in [-0.3, -0.25) is 14.6 Å². The smallest absolute Gasteiger partial charge is 0.325 e.